The van der Waals surface area contributed by atoms with Gasteiger partial charge in [0.1, 0.15) is 4.21 Å². The summed E-state index contributed by atoms with van der Waals surface area (Å²) in [7, 11) is -3.45. The Morgan fingerprint density at radius 3 is 2.88 bits per heavy atom. The molecule has 6 heteroatoms. The molecule has 0 spiro atoms. The molecule has 1 unspecified atom stereocenters. The van der Waals surface area contributed by atoms with Gasteiger partial charge in [-0.15, -0.1) is 23.7 Å². The molecule has 0 amide bonds. The number of hydrogen-bond acceptors (Lipinski definition) is 4. The van der Waals surface area contributed by atoms with Crippen molar-refractivity contribution < 1.29 is 8.42 Å². The van der Waals surface area contributed by atoms with E-state index in [9.17, 15) is 8.42 Å². The molecule has 0 aliphatic carbocycles. The molecule has 0 bridgehead atoms. The number of hydrogen-bond donors (Lipinski definition) is 2. The lowest BCUT2D eigenvalue weighted by Crippen LogP contribution is -2.31. The minimum atomic E-state index is -3.45. The molecule has 0 saturated heterocycles. The molecule has 0 radical (unpaired) electrons. The van der Waals surface area contributed by atoms with Crippen LogP contribution in [0.3, 0.4) is 0 Å². The van der Waals surface area contributed by atoms with Crippen LogP contribution in [-0.2, 0) is 16.4 Å². The highest BCUT2D eigenvalue weighted by Crippen LogP contribution is 2.22. The van der Waals surface area contributed by atoms with Gasteiger partial charge >= 0.3 is 0 Å². The third kappa shape index (κ3) is 4.13. The molecule has 1 rings (SSSR count). The molecule has 0 aliphatic heterocycles. The van der Waals surface area contributed by atoms with E-state index >= 15 is 0 Å². The molecule has 0 aromatic carbocycles. The third-order valence-electron chi connectivity index (χ3n) is 2.07. The Kier molecular flexibility index (Phi) is 5.15. The maximum absolute atomic E-state index is 11.9. The van der Waals surface area contributed by atoms with Gasteiger partial charge in [0.05, 0.1) is 0 Å². The highest BCUT2D eigenvalue weighted by molar-refractivity contribution is 7.91. The maximum atomic E-state index is 11.9. The van der Waals surface area contributed by atoms with E-state index in [4.69, 9.17) is 12.2 Å². The number of nitrogens with two attached hydrogens (primary N) is 1. The molecule has 0 saturated carbocycles. The van der Waals surface area contributed by atoms with Gasteiger partial charge in [0.25, 0.3) is 0 Å². The molecule has 94 valence electrons. The van der Waals surface area contributed by atoms with Gasteiger partial charge in [-0.1, -0.05) is 0 Å². The van der Waals surface area contributed by atoms with Crippen LogP contribution in [0.1, 0.15) is 18.2 Å². The Morgan fingerprint density at radius 2 is 2.29 bits per heavy atom. The van der Waals surface area contributed by atoms with Crippen molar-refractivity contribution in [3.05, 3.63) is 17.0 Å². The Morgan fingerprint density at radius 1 is 1.59 bits per heavy atom. The van der Waals surface area contributed by atoms with Crippen molar-refractivity contribution in [2.24, 2.45) is 5.73 Å². The number of sulfonamides is 1. The Labute approximate surface area is 106 Å². The summed E-state index contributed by atoms with van der Waals surface area (Å²) in [5.74, 6) is 2.43. The van der Waals surface area contributed by atoms with Crippen LogP contribution in [0.15, 0.2) is 16.3 Å². The molecule has 0 aliphatic rings. The van der Waals surface area contributed by atoms with Crippen LogP contribution in [0.5, 0.6) is 0 Å². The fraction of sp³-hybridized carbons (Fsp3) is 0.455. The first-order valence-corrected chi connectivity index (χ1v) is 7.54. The molecule has 17 heavy (non-hydrogen) atoms. The molecule has 0 fully saturated rings. The van der Waals surface area contributed by atoms with Gasteiger partial charge in [0.15, 0.2) is 0 Å². The minimum Gasteiger partial charge on any atom is -0.330 e. The highest BCUT2D eigenvalue weighted by Gasteiger charge is 2.18. The molecular formula is C11H16N2O2S2. The Hall–Kier alpha value is -0.870. The van der Waals surface area contributed by atoms with Crippen LogP contribution in [0.4, 0.5) is 0 Å². The van der Waals surface area contributed by atoms with E-state index < -0.39 is 10.0 Å². The maximum Gasteiger partial charge on any atom is 0.250 e. The normalized spacial score (nSPS) is 13.2. The fourth-order valence-electron chi connectivity index (χ4n) is 1.32. The van der Waals surface area contributed by atoms with E-state index in [1.165, 1.54) is 11.3 Å². The second kappa shape index (κ2) is 6.17. The van der Waals surface area contributed by atoms with Crippen LogP contribution in [-0.4, -0.2) is 21.0 Å². The summed E-state index contributed by atoms with van der Waals surface area (Å²) in [6.07, 6.45) is 6.20. The first-order valence-electron chi connectivity index (χ1n) is 5.24. The van der Waals surface area contributed by atoms with Crippen LogP contribution < -0.4 is 10.5 Å². The largest absolute Gasteiger partial charge is 0.330 e. The van der Waals surface area contributed by atoms with E-state index in [2.05, 4.69) is 10.6 Å². The molecule has 1 aromatic rings. The van der Waals surface area contributed by atoms with Crippen molar-refractivity contribution in [2.75, 3.05) is 6.54 Å². The third-order valence-corrected chi connectivity index (χ3v) is 5.30. The average molecular weight is 272 g/mol. The van der Waals surface area contributed by atoms with Gasteiger partial charge < -0.3 is 5.73 Å². The van der Waals surface area contributed by atoms with Gasteiger partial charge in [0.2, 0.25) is 10.0 Å². The first-order chi connectivity index (χ1) is 7.99. The smallest absolute Gasteiger partial charge is 0.250 e. The van der Waals surface area contributed by atoms with Crippen LogP contribution in [0.2, 0.25) is 0 Å². The summed E-state index contributed by atoms with van der Waals surface area (Å²) < 4.78 is 26.7. The second-order valence-corrected chi connectivity index (χ2v) is 6.80. The van der Waals surface area contributed by atoms with E-state index in [0.717, 1.165) is 4.88 Å². The van der Waals surface area contributed by atoms with Crippen LogP contribution in [0, 0.1) is 12.3 Å². The van der Waals surface area contributed by atoms with Crippen molar-refractivity contribution >= 4 is 21.4 Å². The van der Waals surface area contributed by atoms with E-state index in [1.54, 1.807) is 19.1 Å². The Bertz CT molecular complexity index is 500. The summed E-state index contributed by atoms with van der Waals surface area (Å²) in [5, 5.41) is 0. The van der Waals surface area contributed by atoms with Crippen molar-refractivity contribution in [1.82, 2.24) is 4.72 Å². The SMILES string of the molecule is C#CCC(C)NS(=O)(=O)c1ccc(CCN)s1. The molecule has 4 nitrogen and oxygen atoms in total. The zero-order valence-corrected chi connectivity index (χ0v) is 11.3. The van der Waals surface area contributed by atoms with E-state index in [-0.39, 0.29) is 6.04 Å². The number of terminal acetylenes is 1. The molecular weight excluding hydrogens is 256 g/mol. The van der Waals surface area contributed by atoms with Crippen molar-refractivity contribution in [2.45, 2.75) is 30.0 Å². The van der Waals surface area contributed by atoms with Gasteiger partial charge in [-0.05, 0) is 32.0 Å². The topological polar surface area (TPSA) is 72.2 Å². The summed E-state index contributed by atoms with van der Waals surface area (Å²) in [5.41, 5.74) is 5.42. The standard InChI is InChI=1S/C11H16N2O2S2/c1-3-4-9(2)13-17(14,15)11-6-5-10(16-11)7-8-12/h1,5-6,9,13H,4,7-8,12H2,2H3. The number of thiophene rings is 1. The number of nitrogens with one attached hydrogen (secondary N) is 1. The zero-order valence-electron chi connectivity index (χ0n) is 9.64. The molecule has 1 aromatic heterocycles. The lowest BCUT2D eigenvalue weighted by molar-refractivity contribution is 0.565. The number of rotatable bonds is 6. The van der Waals surface area contributed by atoms with Gasteiger partial charge in [-0.3, -0.25) is 0 Å². The minimum absolute atomic E-state index is 0.259. The van der Waals surface area contributed by atoms with Crippen LogP contribution >= 0.6 is 11.3 Å². The quantitative estimate of drug-likeness (QED) is 0.757. The zero-order chi connectivity index (χ0) is 12.9. The van der Waals surface area contributed by atoms with Crippen molar-refractivity contribution in [3.63, 3.8) is 0 Å². The van der Waals surface area contributed by atoms with Crippen molar-refractivity contribution in [3.8, 4) is 12.3 Å². The predicted molar refractivity (Wildman–Crippen MR) is 70.3 cm³/mol. The Balaban J connectivity index is 2.79. The van der Waals surface area contributed by atoms with Gasteiger partial charge in [0, 0.05) is 17.3 Å². The molecule has 1 heterocycles. The molecule has 3 N–H and O–H groups in total. The average Bonchev–Trinajstić information content (AvgIpc) is 2.67. The van der Waals surface area contributed by atoms with Crippen LogP contribution in [0.25, 0.3) is 0 Å². The predicted octanol–water partition coefficient (Wildman–Crippen LogP) is 0.939. The first kappa shape index (κ1) is 14.2. The molecule has 1 atom stereocenters. The monoisotopic (exact) mass is 272 g/mol. The lowest BCUT2D eigenvalue weighted by Gasteiger charge is -2.09. The van der Waals surface area contributed by atoms with E-state index in [0.29, 0.717) is 23.6 Å². The van der Waals surface area contributed by atoms with Crippen molar-refractivity contribution in [1.29, 1.82) is 0 Å². The van der Waals surface area contributed by atoms with Gasteiger partial charge in [-0.2, -0.15) is 0 Å². The summed E-state index contributed by atoms with van der Waals surface area (Å²) >= 11 is 1.24. The fourth-order valence-corrected chi connectivity index (χ4v) is 3.95. The summed E-state index contributed by atoms with van der Waals surface area (Å²) in [6.45, 7) is 2.26. The lowest BCUT2D eigenvalue weighted by atomic mass is 10.3. The summed E-state index contributed by atoms with van der Waals surface area (Å²) in [4.78, 5) is 0.970. The van der Waals surface area contributed by atoms with Gasteiger partial charge in [-0.25, -0.2) is 13.1 Å². The van der Waals surface area contributed by atoms with E-state index in [1.807, 2.05) is 0 Å². The highest BCUT2D eigenvalue weighted by atomic mass is 32.2. The second-order valence-electron chi connectivity index (χ2n) is 3.69. The summed E-state index contributed by atoms with van der Waals surface area (Å²) in [6, 6.07) is 3.13.